The number of carbonyl (C=O) groups is 1. The number of nitrogens with zero attached hydrogens (tertiary/aromatic N) is 2. The number of methoxy groups -OCH3 is 1. The Morgan fingerprint density at radius 1 is 1.15 bits per heavy atom. The zero-order chi connectivity index (χ0) is 19.4. The molecular formula is C21H26FN3O2. The van der Waals surface area contributed by atoms with Crippen molar-refractivity contribution < 1.29 is 13.9 Å². The van der Waals surface area contributed by atoms with Crippen molar-refractivity contribution in [2.24, 2.45) is 0 Å². The van der Waals surface area contributed by atoms with E-state index in [0.29, 0.717) is 0 Å². The summed E-state index contributed by atoms with van der Waals surface area (Å²) in [6.45, 7) is 6.79. The zero-order valence-corrected chi connectivity index (χ0v) is 16.0. The quantitative estimate of drug-likeness (QED) is 0.876. The Kier molecular flexibility index (Phi) is 5.96. The van der Waals surface area contributed by atoms with Crippen molar-refractivity contribution in [3.8, 4) is 5.75 Å². The summed E-state index contributed by atoms with van der Waals surface area (Å²) in [5, 5.41) is 2.71. The van der Waals surface area contributed by atoms with E-state index in [0.717, 1.165) is 43.2 Å². The lowest BCUT2D eigenvalue weighted by Gasteiger charge is -2.38. The summed E-state index contributed by atoms with van der Waals surface area (Å²) in [4.78, 5) is 16.9. The van der Waals surface area contributed by atoms with Gasteiger partial charge in [-0.2, -0.15) is 0 Å². The summed E-state index contributed by atoms with van der Waals surface area (Å²) in [6.07, 6.45) is 0. The average Bonchev–Trinajstić information content (AvgIpc) is 2.69. The molecule has 1 N–H and O–H groups in total. The van der Waals surface area contributed by atoms with Crippen LogP contribution in [0.2, 0.25) is 0 Å². The number of aryl methyl sites for hydroxylation is 1. The van der Waals surface area contributed by atoms with E-state index in [9.17, 15) is 9.18 Å². The second-order valence-corrected chi connectivity index (χ2v) is 6.84. The fourth-order valence-corrected chi connectivity index (χ4v) is 3.37. The molecule has 1 atom stereocenters. The molecule has 144 valence electrons. The first-order valence-electron chi connectivity index (χ1n) is 9.18. The number of rotatable bonds is 5. The van der Waals surface area contributed by atoms with Gasteiger partial charge in [-0.3, -0.25) is 9.69 Å². The topological polar surface area (TPSA) is 44.8 Å². The first-order valence-corrected chi connectivity index (χ1v) is 9.18. The number of carbonyl (C=O) groups excluding carboxylic acids is 1. The molecule has 1 aliphatic heterocycles. The number of halogens is 1. The average molecular weight is 371 g/mol. The number of ether oxygens (including phenoxy) is 1. The van der Waals surface area contributed by atoms with Crippen LogP contribution in [0.25, 0.3) is 0 Å². The number of para-hydroxylation sites is 2. The SMILES string of the molecule is COc1ccccc1N1CCN([C@H](C)C(=O)Nc2ccc(C)cc2F)CC1. The van der Waals surface area contributed by atoms with E-state index in [1.165, 1.54) is 6.07 Å². The van der Waals surface area contributed by atoms with Crippen LogP contribution in [0.15, 0.2) is 42.5 Å². The standard InChI is InChI=1S/C21H26FN3O2/c1-15-8-9-18(17(22)14-15)23-21(26)16(2)24-10-12-25(13-11-24)19-6-4-5-7-20(19)27-3/h4-9,14,16H,10-13H2,1-3H3,(H,23,26)/t16-/m1/s1. The third-order valence-electron chi connectivity index (χ3n) is 5.05. The summed E-state index contributed by atoms with van der Waals surface area (Å²) in [5.41, 5.74) is 2.12. The Morgan fingerprint density at radius 2 is 1.85 bits per heavy atom. The zero-order valence-electron chi connectivity index (χ0n) is 16.0. The van der Waals surface area contributed by atoms with Gasteiger partial charge in [0.05, 0.1) is 24.5 Å². The van der Waals surface area contributed by atoms with Crippen LogP contribution in [0, 0.1) is 12.7 Å². The monoisotopic (exact) mass is 371 g/mol. The lowest BCUT2D eigenvalue weighted by molar-refractivity contribution is -0.120. The molecular weight excluding hydrogens is 345 g/mol. The van der Waals surface area contributed by atoms with E-state index in [1.54, 1.807) is 19.2 Å². The van der Waals surface area contributed by atoms with E-state index in [1.807, 2.05) is 38.1 Å². The molecule has 0 unspecified atom stereocenters. The minimum absolute atomic E-state index is 0.191. The van der Waals surface area contributed by atoms with Crippen molar-refractivity contribution >= 4 is 17.3 Å². The van der Waals surface area contributed by atoms with Crippen molar-refractivity contribution in [2.45, 2.75) is 19.9 Å². The highest BCUT2D eigenvalue weighted by molar-refractivity contribution is 5.94. The van der Waals surface area contributed by atoms with Crippen molar-refractivity contribution in [1.82, 2.24) is 4.90 Å². The number of hydrogen-bond donors (Lipinski definition) is 1. The molecule has 2 aromatic carbocycles. The largest absolute Gasteiger partial charge is 0.495 e. The Morgan fingerprint density at radius 3 is 2.52 bits per heavy atom. The second kappa shape index (κ2) is 8.39. The van der Waals surface area contributed by atoms with Gasteiger partial charge in [0.1, 0.15) is 11.6 Å². The number of nitrogens with one attached hydrogen (secondary N) is 1. The van der Waals surface area contributed by atoms with Gasteiger partial charge in [-0.25, -0.2) is 4.39 Å². The summed E-state index contributed by atoms with van der Waals surface area (Å²) >= 11 is 0. The molecule has 1 heterocycles. The maximum absolute atomic E-state index is 14.0. The van der Waals surface area contributed by atoms with Crippen LogP contribution >= 0.6 is 0 Å². The van der Waals surface area contributed by atoms with E-state index in [2.05, 4.69) is 15.1 Å². The molecule has 1 amide bonds. The Hall–Kier alpha value is -2.60. The van der Waals surface area contributed by atoms with Gasteiger partial charge < -0.3 is 15.0 Å². The lowest BCUT2D eigenvalue weighted by Crippen LogP contribution is -2.53. The van der Waals surface area contributed by atoms with Crippen molar-refractivity contribution in [2.75, 3.05) is 43.5 Å². The van der Waals surface area contributed by atoms with Gasteiger partial charge >= 0.3 is 0 Å². The molecule has 0 radical (unpaired) electrons. The van der Waals surface area contributed by atoms with Gasteiger partial charge in [-0.15, -0.1) is 0 Å². The third kappa shape index (κ3) is 4.39. The molecule has 1 aliphatic rings. The maximum atomic E-state index is 14.0. The molecule has 0 aromatic heterocycles. The molecule has 27 heavy (non-hydrogen) atoms. The number of benzene rings is 2. The number of hydrogen-bond acceptors (Lipinski definition) is 4. The maximum Gasteiger partial charge on any atom is 0.241 e. The molecule has 5 nitrogen and oxygen atoms in total. The number of anilines is 2. The summed E-state index contributed by atoms with van der Waals surface area (Å²) in [5.74, 6) is 0.256. The van der Waals surface area contributed by atoms with Crippen LogP contribution in [-0.4, -0.2) is 50.1 Å². The smallest absolute Gasteiger partial charge is 0.241 e. The highest BCUT2D eigenvalue weighted by atomic mass is 19.1. The van der Waals surface area contributed by atoms with Crippen LogP contribution in [0.1, 0.15) is 12.5 Å². The van der Waals surface area contributed by atoms with Crippen LogP contribution in [-0.2, 0) is 4.79 Å². The Labute approximate surface area is 159 Å². The minimum Gasteiger partial charge on any atom is -0.495 e. The summed E-state index contributed by atoms with van der Waals surface area (Å²) in [6, 6.07) is 12.4. The second-order valence-electron chi connectivity index (χ2n) is 6.84. The molecule has 0 spiro atoms. The van der Waals surface area contributed by atoms with Crippen LogP contribution in [0.4, 0.5) is 15.8 Å². The lowest BCUT2D eigenvalue weighted by atomic mass is 10.1. The summed E-state index contributed by atoms with van der Waals surface area (Å²) in [7, 11) is 1.67. The van der Waals surface area contributed by atoms with Gasteiger partial charge in [-0.05, 0) is 43.7 Å². The molecule has 1 saturated heterocycles. The minimum atomic E-state index is -0.406. The van der Waals surface area contributed by atoms with Crippen molar-refractivity contribution in [1.29, 1.82) is 0 Å². The van der Waals surface area contributed by atoms with E-state index in [4.69, 9.17) is 4.74 Å². The highest BCUT2D eigenvalue weighted by Gasteiger charge is 2.27. The third-order valence-corrected chi connectivity index (χ3v) is 5.05. The molecule has 2 aromatic rings. The summed E-state index contributed by atoms with van der Waals surface area (Å²) < 4.78 is 19.4. The molecule has 1 fully saturated rings. The van der Waals surface area contributed by atoms with Crippen LogP contribution in [0.3, 0.4) is 0 Å². The van der Waals surface area contributed by atoms with Crippen LogP contribution < -0.4 is 15.0 Å². The first kappa shape index (κ1) is 19.2. The van der Waals surface area contributed by atoms with Gasteiger partial charge in [0.25, 0.3) is 0 Å². The van der Waals surface area contributed by atoms with Gasteiger partial charge in [0.2, 0.25) is 5.91 Å². The molecule has 6 heteroatoms. The molecule has 3 rings (SSSR count). The molecule has 0 aliphatic carbocycles. The normalized spacial score (nSPS) is 16.1. The van der Waals surface area contributed by atoms with Gasteiger partial charge in [-0.1, -0.05) is 18.2 Å². The van der Waals surface area contributed by atoms with Crippen LogP contribution in [0.5, 0.6) is 5.75 Å². The van der Waals surface area contributed by atoms with Gasteiger partial charge in [0.15, 0.2) is 0 Å². The van der Waals surface area contributed by atoms with E-state index < -0.39 is 5.82 Å². The van der Waals surface area contributed by atoms with E-state index >= 15 is 0 Å². The predicted molar refractivity (Wildman–Crippen MR) is 106 cm³/mol. The number of piperazine rings is 1. The fraction of sp³-hybridized carbons (Fsp3) is 0.381. The first-order chi connectivity index (χ1) is 13.0. The Bertz CT molecular complexity index is 804. The predicted octanol–water partition coefficient (Wildman–Crippen LogP) is 3.29. The van der Waals surface area contributed by atoms with E-state index in [-0.39, 0.29) is 17.6 Å². The highest BCUT2D eigenvalue weighted by Crippen LogP contribution is 2.28. The van der Waals surface area contributed by atoms with Crippen molar-refractivity contribution in [3.05, 3.63) is 53.8 Å². The molecule has 0 bridgehead atoms. The Balaban J connectivity index is 1.59. The van der Waals surface area contributed by atoms with Crippen molar-refractivity contribution in [3.63, 3.8) is 0 Å². The van der Waals surface area contributed by atoms with Gasteiger partial charge in [0, 0.05) is 26.2 Å². The number of amides is 1. The fourth-order valence-electron chi connectivity index (χ4n) is 3.37. The molecule has 0 saturated carbocycles.